The fourth-order valence-electron chi connectivity index (χ4n) is 3.41. The Morgan fingerprint density at radius 1 is 1.07 bits per heavy atom. The van der Waals surface area contributed by atoms with Gasteiger partial charge in [-0.05, 0) is 48.6 Å². The maximum absolute atomic E-state index is 12.3. The average Bonchev–Trinajstić information content (AvgIpc) is 3.20. The Labute approximate surface area is 159 Å². The van der Waals surface area contributed by atoms with Crippen molar-refractivity contribution < 1.29 is 9.59 Å². The molecule has 2 aromatic rings. The minimum atomic E-state index is -0.296. The van der Waals surface area contributed by atoms with E-state index < -0.39 is 0 Å². The number of amides is 2. The van der Waals surface area contributed by atoms with Gasteiger partial charge in [0.1, 0.15) is 0 Å². The zero-order chi connectivity index (χ0) is 19.1. The number of nitrogens with zero attached hydrogens (tertiary/aromatic N) is 1. The van der Waals surface area contributed by atoms with Crippen molar-refractivity contribution in [3.05, 3.63) is 59.9 Å². The van der Waals surface area contributed by atoms with E-state index in [4.69, 9.17) is 5.73 Å². The molecule has 0 bridgehead atoms. The number of nitrogens with two attached hydrogens (primary N) is 1. The van der Waals surface area contributed by atoms with Gasteiger partial charge in [0.15, 0.2) is 0 Å². The van der Waals surface area contributed by atoms with Crippen molar-refractivity contribution in [1.29, 1.82) is 0 Å². The monoisotopic (exact) mass is 366 g/mol. The van der Waals surface area contributed by atoms with E-state index in [0.717, 1.165) is 18.4 Å². The van der Waals surface area contributed by atoms with E-state index >= 15 is 0 Å². The second-order valence-electron chi connectivity index (χ2n) is 7.08. The van der Waals surface area contributed by atoms with Crippen LogP contribution < -0.4 is 16.4 Å². The predicted molar refractivity (Wildman–Crippen MR) is 105 cm³/mol. The van der Waals surface area contributed by atoms with Crippen molar-refractivity contribution in [2.45, 2.75) is 38.1 Å². The van der Waals surface area contributed by atoms with Crippen LogP contribution in [0.3, 0.4) is 0 Å². The number of hydrogen-bond acceptors (Lipinski definition) is 4. The summed E-state index contributed by atoms with van der Waals surface area (Å²) in [6.07, 6.45) is 8.63. The van der Waals surface area contributed by atoms with Gasteiger partial charge >= 0.3 is 0 Å². The summed E-state index contributed by atoms with van der Waals surface area (Å²) >= 11 is 0. The normalized spacial score (nSPS) is 15.3. The van der Waals surface area contributed by atoms with Crippen LogP contribution in [0.1, 0.15) is 54.1 Å². The van der Waals surface area contributed by atoms with Crippen LogP contribution in [0.25, 0.3) is 0 Å². The first-order chi connectivity index (χ1) is 13.1. The molecule has 1 aliphatic rings. The molecule has 2 amide bonds. The summed E-state index contributed by atoms with van der Waals surface area (Å²) in [5.41, 5.74) is 8.31. The first-order valence-corrected chi connectivity index (χ1v) is 9.45. The topological polar surface area (TPSA) is 97.1 Å². The van der Waals surface area contributed by atoms with Crippen LogP contribution in [0.15, 0.2) is 48.8 Å². The molecule has 1 unspecified atom stereocenters. The number of carbonyl (C=O) groups excluding carboxylic acids is 2. The fourth-order valence-corrected chi connectivity index (χ4v) is 3.41. The summed E-state index contributed by atoms with van der Waals surface area (Å²) in [5, 5.41) is 5.74. The third kappa shape index (κ3) is 5.62. The summed E-state index contributed by atoms with van der Waals surface area (Å²) < 4.78 is 0. The molecule has 0 spiro atoms. The molecule has 0 aliphatic heterocycles. The number of rotatable bonds is 7. The maximum Gasteiger partial charge on any atom is 0.255 e. The Kier molecular flexibility index (Phi) is 6.54. The standard InChI is InChI=1S/C21H26N4O2/c22-19(14-24-20(26)13-15-3-1-2-4-15)16-5-7-17(8-6-16)21(27)25-18-9-11-23-12-10-18/h5-12,15,19H,1-4,13-14,22H2,(H,24,26)(H,23,25,27). The number of anilines is 1. The SMILES string of the molecule is NC(CNC(=O)CC1CCCC1)c1ccc(C(=O)Nc2ccncc2)cc1. The first kappa shape index (κ1) is 19.0. The molecule has 0 radical (unpaired) electrons. The molecule has 3 rings (SSSR count). The van der Waals surface area contributed by atoms with Gasteiger partial charge in [0, 0.05) is 42.7 Å². The van der Waals surface area contributed by atoms with E-state index in [0.29, 0.717) is 30.1 Å². The largest absolute Gasteiger partial charge is 0.354 e. The van der Waals surface area contributed by atoms with Gasteiger partial charge in [0.2, 0.25) is 5.91 Å². The molecule has 0 saturated heterocycles. The van der Waals surface area contributed by atoms with Crippen molar-refractivity contribution in [3.63, 3.8) is 0 Å². The number of aromatic nitrogens is 1. The number of hydrogen-bond donors (Lipinski definition) is 3. The molecule has 6 heteroatoms. The Balaban J connectivity index is 1.48. The lowest BCUT2D eigenvalue weighted by Gasteiger charge is -2.15. The molecule has 6 nitrogen and oxygen atoms in total. The van der Waals surface area contributed by atoms with Gasteiger partial charge < -0.3 is 16.4 Å². The van der Waals surface area contributed by atoms with Crippen molar-refractivity contribution in [1.82, 2.24) is 10.3 Å². The highest BCUT2D eigenvalue weighted by atomic mass is 16.2. The van der Waals surface area contributed by atoms with Crippen LogP contribution in [-0.4, -0.2) is 23.3 Å². The third-order valence-electron chi connectivity index (χ3n) is 5.01. The van der Waals surface area contributed by atoms with E-state index in [2.05, 4.69) is 15.6 Å². The molecular weight excluding hydrogens is 340 g/mol. The highest BCUT2D eigenvalue weighted by Gasteiger charge is 2.18. The van der Waals surface area contributed by atoms with Crippen molar-refractivity contribution in [2.24, 2.45) is 11.7 Å². The van der Waals surface area contributed by atoms with Crippen molar-refractivity contribution >= 4 is 17.5 Å². The molecule has 1 aromatic heterocycles. The van der Waals surface area contributed by atoms with Crippen LogP contribution in [0.5, 0.6) is 0 Å². The average molecular weight is 366 g/mol. The summed E-state index contributed by atoms with van der Waals surface area (Å²) in [6, 6.07) is 10.3. The number of pyridine rings is 1. The van der Waals surface area contributed by atoms with E-state index in [1.807, 2.05) is 12.1 Å². The van der Waals surface area contributed by atoms with Gasteiger partial charge in [-0.1, -0.05) is 25.0 Å². The fraction of sp³-hybridized carbons (Fsp3) is 0.381. The molecule has 1 aromatic carbocycles. The van der Waals surface area contributed by atoms with Gasteiger partial charge in [0.25, 0.3) is 5.91 Å². The second-order valence-corrected chi connectivity index (χ2v) is 7.08. The maximum atomic E-state index is 12.3. The van der Waals surface area contributed by atoms with Crippen LogP contribution >= 0.6 is 0 Å². The lowest BCUT2D eigenvalue weighted by atomic mass is 10.0. The zero-order valence-electron chi connectivity index (χ0n) is 15.4. The Hall–Kier alpha value is -2.73. The summed E-state index contributed by atoms with van der Waals surface area (Å²) in [5.74, 6) is 0.413. The van der Waals surface area contributed by atoms with E-state index in [9.17, 15) is 9.59 Å². The van der Waals surface area contributed by atoms with Crippen LogP contribution in [0.2, 0.25) is 0 Å². The highest BCUT2D eigenvalue weighted by Crippen LogP contribution is 2.27. The van der Waals surface area contributed by atoms with Gasteiger partial charge in [-0.15, -0.1) is 0 Å². The molecule has 1 saturated carbocycles. The second kappa shape index (κ2) is 9.28. The smallest absolute Gasteiger partial charge is 0.255 e. The predicted octanol–water partition coefficient (Wildman–Crippen LogP) is 3.03. The molecule has 27 heavy (non-hydrogen) atoms. The van der Waals surface area contributed by atoms with Crippen LogP contribution in [0.4, 0.5) is 5.69 Å². The number of nitrogens with one attached hydrogen (secondary N) is 2. The lowest BCUT2D eigenvalue weighted by molar-refractivity contribution is -0.122. The van der Waals surface area contributed by atoms with Crippen LogP contribution in [0, 0.1) is 5.92 Å². The molecular formula is C21H26N4O2. The van der Waals surface area contributed by atoms with E-state index in [1.165, 1.54) is 12.8 Å². The summed E-state index contributed by atoms with van der Waals surface area (Å²) in [7, 11) is 0. The Bertz CT molecular complexity index is 756. The molecule has 4 N–H and O–H groups in total. The van der Waals surface area contributed by atoms with E-state index in [-0.39, 0.29) is 17.9 Å². The van der Waals surface area contributed by atoms with Crippen molar-refractivity contribution in [2.75, 3.05) is 11.9 Å². The molecule has 1 atom stereocenters. The quantitative estimate of drug-likeness (QED) is 0.702. The molecule has 1 fully saturated rings. The zero-order valence-corrected chi connectivity index (χ0v) is 15.4. The van der Waals surface area contributed by atoms with Gasteiger partial charge in [-0.2, -0.15) is 0 Å². The highest BCUT2D eigenvalue weighted by molar-refractivity contribution is 6.04. The number of benzene rings is 1. The van der Waals surface area contributed by atoms with Gasteiger partial charge in [0.05, 0.1) is 0 Å². The molecule has 142 valence electrons. The summed E-state index contributed by atoms with van der Waals surface area (Å²) in [6.45, 7) is 0.397. The molecule has 1 aliphatic carbocycles. The van der Waals surface area contributed by atoms with Crippen LogP contribution in [-0.2, 0) is 4.79 Å². The van der Waals surface area contributed by atoms with Crippen molar-refractivity contribution in [3.8, 4) is 0 Å². The minimum absolute atomic E-state index is 0.0747. The first-order valence-electron chi connectivity index (χ1n) is 9.45. The lowest BCUT2D eigenvalue weighted by Crippen LogP contribution is -2.32. The summed E-state index contributed by atoms with van der Waals surface area (Å²) in [4.78, 5) is 28.2. The number of carbonyl (C=O) groups is 2. The van der Waals surface area contributed by atoms with Gasteiger partial charge in [-0.3, -0.25) is 14.6 Å². The Morgan fingerprint density at radius 2 is 1.74 bits per heavy atom. The van der Waals surface area contributed by atoms with E-state index in [1.54, 1.807) is 36.7 Å². The Morgan fingerprint density at radius 3 is 2.41 bits per heavy atom. The third-order valence-corrected chi connectivity index (χ3v) is 5.01. The minimum Gasteiger partial charge on any atom is -0.354 e. The van der Waals surface area contributed by atoms with Gasteiger partial charge in [-0.25, -0.2) is 0 Å². The molecule has 1 heterocycles.